The number of rotatable bonds is 8. The van der Waals surface area contributed by atoms with Crippen molar-refractivity contribution in [2.75, 3.05) is 18.4 Å². The number of amides is 3. The number of carbonyl (C=O) groups excluding carboxylic acids is 3. The van der Waals surface area contributed by atoms with E-state index >= 15 is 0 Å². The largest absolute Gasteiger partial charge is 0.463 e. The van der Waals surface area contributed by atoms with Gasteiger partial charge in [0.1, 0.15) is 12.2 Å². The minimum atomic E-state index is -0.386. The van der Waals surface area contributed by atoms with Crippen molar-refractivity contribution in [3.63, 3.8) is 0 Å². The molecule has 0 aliphatic heterocycles. The predicted octanol–water partition coefficient (Wildman–Crippen LogP) is 1.01. The minimum absolute atomic E-state index is 0.192. The van der Waals surface area contributed by atoms with Crippen LogP contribution in [0.2, 0.25) is 0 Å². The number of carbonyl (C=O) groups is 3. The Morgan fingerprint density at radius 1 is 1.06 bits per heavy atom. The van der Waals surface area contributed by atoms with E-state index in [1.54, 1.807) is 36.4 Å². The lowest BCUT2D eigenvalue weighted by atomic mass is 10.2. The van der Waals surface area contributed by atoms with Crippen LogP contribution < -0.4 is 21.5 Å². The second kappa shape index (κ2) is 10.0. The molecule has 0 aliphatic carbocycles. The topological polar surface area (TPSA) is 135 Å². The first-order valence-corrected chi connectivity index (χ1v) is 9.45. The summed E-state index contributed by atoms with van der Waals surface area (Å²) < 4.78 is 6.37. The molecule has 0 spiro atoms. The van der Waals surface area contributed by atoms with Crippen LogP contribution in [-0.4, -0.2) is 40.4 Å². The standard InChI is InChI=1S/C21H21N5O5/c1-14(27)25-16-6-4-15(5-7-16)21(30)23-9-8-22-19(28)12-26-13-24-17(11-20(26)29)18-3-2-10-31-18/h2-7,10-11,13H,8-9,12H2,1H3,(H,22,28)(H,23,30)(H,25,27). The number of hydrogen-bond acceptors (Lipinski definition) is 6. The van der Waals surface area contributed by atoms with Crippen molar-refractivity contribution < 1.29 is 18.8 Å². The van der Waals surface area contributed by atoms with Crippen LogP contribution in [0.3, 0.4) is 0 Å². The van der Waals surface area contributed by atoms with Gasteiger partial charge in [-0.1, -0.05) is 0 Å². The molecule has 0 atom stereocenters. The predicted molar refractivity (Wildman–Crippen MR) is 112 cm³/mol. The lowest BCUT2D eigenvalue weighted by Crippen LogP contribution is -2.37. The van der Waals surface area contributed by atoms with Gasteiger partial charge < -0.3 is 20.4 Å². The summed E-state index contributed by atoms with van der Waals surface area (Å²) in [4.78, 5) is 51.4. The van der Waals surface area contributed by atoms with Crippen LogP contribution in [0.5, 0.6) is 0 Å². The zero-order chi connectivity index (χ0) is 22.2. The Balaban J connectivity index is 1.42. The maximum absolute atomic E-state index is 12.2. The quantitative estimate of drug-likeness (QED) is 0.463. The maximum atomic E-state index is 12.2. The second-order valence-corrected chi connectivity index (χ2v) is 6.58. The summed E-state index contributed by atoms with van der Waals surface area (Å²) in [6, 6.07) is 11.1. The molecule has 31 heavy (non-hydrogen) atoms. The highest BCUT2D eigenvalue weighted by Gasteiger charge is 2.09. The summed E-state index contributed by atoms with van der Waals surface area (Å²) in [6.45, 7) is 1.62. The number of nitrogens with zero attached hydrogens (tertiary/aromatic N) is 2. The fourth-order valence-electron chi connectivity index (χ4n) is 2.70. The molecule has 0 radical (unpaired) electrons. The van der Waals surface area contributed by atoms with Gasteiger partial charge in [0.05, 0.1) is 12.6 Å². The fraction of sp³-hybridized carbons (Fsp3) is 0.190. The molecular formula is C21H21N5O5. The third-order valence-electron chi connectivity index (χ3n) is 4.17. The lowest BCUT2D eigenvalue weighted by molar-refractivity contribution is -0.121. The molecular weight excluding hydrogens is 402 g/mol. The normalized spacial score (nSPS) is 10.4. The molecule has 0 unspecified atom stereocenters. The summed E-state index contributed by atoms with van der Waals surface area (Å²) in [5.74, 6) is -0.422. The second-order valence-electron chi connectivity index (χ2n) is 6.58. The van der Waals surface area contributed by atoms with Gasteiger partial charge in [-0.3, -0.25) is 23.7 Å². The van der Waals surface area contributed by atoms with Crippen LogP contribution in [0.15, 0.2) is 64.3 Å². The van der Waals surface area contributed by atoms with E-state index in [9.17, 15) is 19.2 Å². The van der Waals surface area contributed by atoms with E-state index in [2.05, 4.69) is 20.9 Å². The number of hydrogen-bond donors (Lipinski definition) is 3. The molecule has 2 heterocycles. The summed E-state index contributed by atoms with van der Waals surface area (Å²) in [5, 5.41) is 7.93. The summed E-state index contributed by atoms with van der Waals surface area (Å²) in [5.41, 5.74) is 1.03. The van der Waals surface area contributed by atoms with E-state index in [1.165, 1.54) is 30.1 Å². The van der Waals surface area contributed by atoms with E-state index in [1.807, 2.05) is 0 Å². The van der Waals surface area contributed by atoms with Gasteiger partial charge >= 0.3 is 0 Å². The summed E-state index contributed by atoms with van der Waals surface area (Å²) in [7, 11) is 0. The molecule has 160 valence electrons. The van der Waals surface area contributed by atoms with Crippen LogP contribution in [0.25, 0.3) is 11.5 Å². The van der Waals surface area contributed by atoms with Gasteiger partial charge in [0.25, 0.3) is 11.5 Å². The van der Waals surface area contributed by atoms with Crippen molar-refractivity contribution in [2.45, 2.75) is 13.5 Å². The number of nitrogens with one attached hydrogen (secondary N) is 3. The zero-order valence-corrected chi connectivity index (χ0v) is 16.8. The van der Waals surface area contributed by atoms with E-state index in [-0.39, 0.29) is 42.9 Å². The Morgan fingerprint density at radius 3 is 2.45 bits per heavy atom. The first-order valence-electron chi connectivity index (χ1n) is 9.45. The zero-order valence-electron chi connectivity index (χ0n) is 16.8. The molecule has 3 aromatic rings. The van der Waals surface area contributed by atoms with E-state index in [4.69, 9.17) is 4.42 Å². The van der Waals surface area contributed by atoms with Crippen molar-refractivity contribution in [3.05, 3.63) is 71.0 Å². The molecule has 3 rings (SSSR count). The monoisotopic (exact) mass is 423 g/mol. The van der Waals surface area contributed by atoms with Gasteiger partial charge in [0.2, 0.25) is 11.8 Å². The van der Waals surface area contributed by atoms with Crippen LogP contribution in [-0.2, 0) is 16.1 Å². The van der Waals surface area contributed by atoms with E-state index < -0.39 is 0 Å². The van der Waals surface area contributed by atoms with Gasteiger partial charge in [-0.25, -0.2) is 4.98 Å². The Bertz CT molecular complexity index is 1120. The first-order chi connectivity index (χ1) is 14.9. The van der Waals surface area contributed by atoms with Gasteiger partial charge in [-0.05, 0) is 36.4 Å². The van der Waals surface area contributed by atoms with Crippen molar-refractivity contribution >= 4 is 23.4 Å². The third-order valence-corrected chi connectivity index (χ3v) is 4.17. The molecule has 0 saturated carbocycles. The number of benzene rings is 1. The molecule has 0 fully saturated rings. The molecule has 2 aromatic heterocycles. The Morgan fingerprint density at radius 2 is 1.81 bits per heavy atom. The Kier molecular flexibility index (Phi) is 6.94. The highest BCUT2D eigenvalue weighted by atomic mass is 16.3. The van der Waals surface area contributed by atoms with Crippen LogP contribution in [0.4, 0.5) is 5.69 Å². The molecule has 3 N–H and O–H groups in total. The van der Waals surface area contributed by atoms with E-state index in [0.29, 0.717) is 22.7 Å². The maximum Gasteiger partial charge on any atom is 0.254 e. The van der Waals surface area contributed by atoms with Crippen molar-refractivity contribution in [1.82, 2.24) is 20.2 Å². The van der Waals surface area contributed by atoms with Crippen LogP contribution in [0, 0.1) is 0 Å². The highest BCUT2D eigenvalue weighted by Crippen LogP contribution is 2.14. The molecule has 0 bridgehead atoms. The Hall–Kier alpha value is -4.21. The Labute approximate surface area is 177 Å². The minimum Gasteiger partial charge on any atom is -0.463 e. The lowest BCUT2D eigenvalue weighted by Gasteiger charge is -2.09. The summed E-state index contributed by atoms with van der Waals surface area (Å²) >= 11 is 0. The molecule has 10 nitrogen and oxygen atoms in total. The van der Waals surface area contributed by atoms with Gasteiger partial charge in [0, 0.05) is 37.3 Å². The number of aromatic nitrogens is 2. The molecule has 10 heteroatoms. The van der Waals surface area contributed by atoms with E-state index in [0.717, 1.165) is 0 Å². The van der Waals surface area contributed by atoms with Crippen molar-refractivity contribution in [2.24, 2.45) is 0 Å². The molecule has 0 saturated heterocycles. The average Bonchev–Trinajstić information content (AvgIpc) is 3.27. The third kappa shape index (κ3) is 6.13. The molecule has 0 aliphatic rings. The number of anilines is 1. The van der Waals surface area contributed by atoms with Gasteiger partial charge in [0.15, 0.2) is 5.76 Å². The highest BCUT2D eigenvalue weighted by molar-refractivity contribution is 5.95. The molecule has 1 aromatic carbocycles. The van der Waals surface area contributed by atoms with Gasteiger partial charge in [-0.2, -0.15) is 0 Å². The fourth-order valence-corrected chi connectivity index (χ4v) is 2.70. The SMILES string of the molecule is CC(=O)Nc1ccc(C(=O)NCCNC(=O)Cn2cnc(-c3ccco3)cc2=O)cc1. The van der Waals surface area contributed by atoms with Crippen LogP contribution >= 0.6 is 0 Å². The summed E-state index contributed by atoms with van der Waals surface area (Å²) in [6.07, 6.45) is 2.77. The molecule has 3 amide bonds. The van der Waals surface area contributed by atoms with Crippen molar-refractivity contribution in [3.8, 4) is 11.5 Å². The first kappa shape index (κ1) is 21.5. The average molecular weight is 423 g/mol. The smallest absolute Gasteiger partial charge is 0.254 e. The number of furan rings is 1. The van der Waals surface area contributed by atoms with Gasteiger partial charge in [-0.15, -0.1) is 0 Å². The van der Waals surface area contributed by atoms with Crippen molar-refractivity contribution in [1.29, 1.82) is 0 Å². The van der Waals surface area contributed by atoms with Crippen LogP contribution in [0.1, 0.15) is 17.3 Å².